The third-order valence-electron chi connectivity index (χ3n) is 3.76. The zero-order valence-electron chi connectivity index (χ0n) is 9.78. The Hall–Kier alpha value is -1.39. The van der Waals surface area contributed by atoms with Crippen molar-refractivity contribution >= 4 is 11.6 Å². The van der Waals surface area contributed by atoms with Crippen LogP contribution < -0.4 is 15.5 Å². The minimum absolute atomic E-state index is 0.227. The molecule has 4 heteroatoms. The van der Waals surface area contributed by atoms with Gasteiger partial charge in [0.05, 0.1) is 6.67 Å². The zero-order valence-corrected chi connectivity index (χ0v) is 9.78. The lowest BCUT2D eigenvalue weighted by molar-refractivity contribution is -0.123. The third kappa shape index (κ3) is 1.73. The van der Waals surface area contributed by atoms with Gasteiger partial charge in [-0.15, -0.1) is 0 Å². The maximum Gasteiger partial charge on any atom is 0.248 e. The highest BCUT2D eigenvalue weighted by Gasteiger charge is 2.47. The number of piperidine rings is 1. The highest BCUT2D eigenvalue weighted by Crippen LogP contribution is 2.29. The van der Waals surface area contributed by atoms with Gasteiger partial charge in [0.15, 0.2) is 0 Å². The molecule has 1 aromatic carbocycles. The van der Waals surface area contributed by atoms with E-state index in [-0.39, 0.29) is 11.4 Å². The molecule has 0 aliphatic carbocycles. The molecule has 90 valence electrons. The first-order valence-electron chi connectivity index (χ1n) is 6.15. The number of carbonyl (C=O) groups is 1. The van der Waals surface area contributed by atoms with Crippen LogP contribution >= 0.6 is 0 Å². The lowest BCUT2D eigenvalue weighted by atomic mass is 9.88. The average Bonchev–Trinajstić information content (AvgIpc) is 2.70. The van der Waals surface area contributed by atoms with Crippen LogP contribution in [0.3, 0.4) is 0 Å². The molecule has 2 fully saturated rings. The van der Waals surface area contributed by atoms with E-state index in [0.29, 0.717) is 6.67 Å². The second-order valence-corrected chi connectivity index (χ2v) is 4.74. The number of benzene rings is 1. The number of nitrogens with zero attached hydrogens (tertiary/aromatic N) is 1. The predicted molar refractivity (Wildman–Crippen MR) is 66.8 cm³/mol. The van der Waals surface area contributed by atoms with Crippen LogP contribution in [0.4, 0.5) is 5.69 Å². The van der Waals surface area contributed by atoms with Crippen LogP contribution in [0.15, 0.2) is 30.3 Å². The molecule has 0 saturated carbocycles. The van der Waals surface area contributed by atoms with Gasteiger partial charge in [0, 0.05) is 5.69 Å². The van der Waals surface area contributed by atoms with E-state index >= 15 is 0 Å². The van der Waals surface area contributed by atoms with Gasteiger partial charge < -0.3 is 5.32 Å². The molecule has 0 unspecified atom stereocenters. The van der Waals surface area contributed by atoms with E-state index in [1.54, 1.807) is 0 Å². The van der Waals surface area contributed by atoms with Crippen molar-refractivity contribution in [2.24, 2.45) is 0 Å². The van der Waals surface area contributed by atoms with Gasteiger partial charge in [-0.1, -0.05) is 18.2 Å². The summed E-state index contributed by atoms with van der Waals surface area (Å²) in [6, 6.07) is 9.88. The summed E-state index contributed by atoms with van der Waals surface area (Å²) in [6.07, 6.45) is 1.77. The Bertz CT molecular complexity index is 412. The number of para-hydroxylation sites is 1. The van der Waals surface area contributed by atoms with Crippen molar-refractivity contribution in [3.8, 4) is 0 Å². The van der Waals surface area contributed by atoms with Gasteiger partial charge in [-0.2, -0.15) is 0 Å². The van der Waals surface area contributed by atoms with E-state index in [0.717, 1.165) is 31.6 Å². The lowest BCUT2D eigenvalue weighted by Crippen LogP contribution is -2.53. The molecule has 0 radical (unpaired) electrons. The normalized spacial score (nSPS) is 23.3. The van der Waals surface area contributed by atoms with Crippen molar-refractivity contribution in [1.29, 1.82) is 0 Å². The first-order chi connectivity index (χ1) is 8.32. The molecule has 17 heavy (non-hydrogen) atoms. The first kappa shape index (κ1) is 10.7. The summed E-state index contributed by atoms with van der Waals surface area (Å²) >= 11 is 0. The second kappa shape index (κ2) is 4.13. The van der Waals surface area contributed by atoms with Crippen LogP contribution in [0.25, 0.3) is 0 Å². The van der Waals surface area contributed by atoms with E-state index < -0.39 is 0 Å². The predicted octanol–water partition coefficient (Wildman–Crippen LogP) is 0.702. The van der Waals surface area contributed by atoms with Crippen molar-refractivity contribution in [3.05, 3.63) is 30.3 Å². The largest absolute Gasteiger partial charge is 0.317 e. The Kier molecular flexibility index (Phi) is 2.61. The van der Waals surface area contributed by atoms with Gasteiger partial charge in [-0.05, 0) is 38.1 Å². The van der Waals surface area contributed by atoms with E-state index in [4.69, 9.17) is 0 Å². The molecule has 1 amide bonds. The molecular formula is C13H17N3O. The molecule has 2 aliphatic heterocycles. The Morgan fingerprint density at radius 2 is 1.82 bits per heavy atom. The van der Waals surface area contributed by atoms with E-state index in [1.165, 1.54) is 0 Å². The summed E-state index contributed by atoms with van der Waals surface area (Å²) in [7, 11) is 0. The molecular weight excluding hydrogens is 214 g/mol. The van der Waals surface area contributed by atoms with Crippen molar-refractivity contribution in [2.45, 2.75) is 18.4 Å². The van der Waals surface area contributed by atoms with E-state index in [9.17, 15) is 4.79 Å². The molecule has 1 spiro atoms. The van der Waals surface area contributed by atoms with E-state index in [2.05, 4.69) is 10.6 Å². The highest BCUT2D eigenvalue weighted by molar-refractivity contribution is 6.02. The molecule has 2 N–H and O–H groups in total. The second-order valence-electron chi connectivity index (χ2n) is 4.74. The van der Waals surface area contributed by atoms with Crippen molar-refractivity contribution < 1.29 is 4.79 Å². The van der Waals surface area contributed by atoms with Gasteiger partial charge >= 0.3 is 0 Å². The number of hydrogen-bond donors (Lipinski definition) is 2. The topological polar surface area (TPSA) is 44.4 Å². The minimum atomic E-state index is -0.318. The number of amides is 1. The Balaban J connectivity index is 1.85. The molecule has 2 heterocycles. The van der Waals surface area contributed by atoms with Crippen LogP contribution in [0.5, 0.6) is 0 Å². The lowest BCUT2D eigenvalue weighted by Gasteiger charge is -2.31. The van der Waals surface area contributed by atoms with Gasteiger partial charge in [0.25, 0.3) is 0 Å². The monoisotopic (exact) mass is 231 g/mol. The van der Waals surface area contributed by atoms with Crippen LogP contribution in [-0.2, 0) is 4.79 Å². The van der Waals surface area contributed by atoms with Crippen LogP contribution in [-0.4, -0.2) is 31.2 Å². The molecule has 4 nitrogen and oxygen atoms in total. The van der Waals surface area contributed by atoms with Crippen LogP contribution in [0, 0.1) is 0 Å². The van der Waals surface area contributed by atoms with Crippen molar-refractivity contribution in [2.75, 3.05) is 24.7 Å². The summed E-state index contributed by atoms with van der Waals surface area (Å²) in [5.41, 5.74) is 0.668. The number of rotatable bonds is 1. The van der Waals surface area contributed by atoms with Crippen molar-refractivity contribution in [1.82, 2.24) is 10.6 Å². The quantitative estimate of drug-likeness (QED) is 0.748. The fraction of sp³-hybridized carbons (Fsp3) is 0.462. The SMILES string of the molecule is O=C1N(c2ccccc2)CNC12CCNCC2. The van der Waals surface area contributed by atoms with Gasteiger partial charge in [0.1, 0.15) is 5.54 Å². The number of carbonyl (C=O) groups excluding carboxylic acids is 1. The number of nitrogens with one attached hydrogen (secondary N) is 2. The molecule has 0 aromatic heterocycles. The maximum absolute atomic E-state index is 12.5. The number of anilines is 1. The molecule has 2 aliphatic rings. The molecule has 0 bridgehead atoms. The fourth-order valence-corrected chi connectivity index (χ4v) is 2.70. The van der Waals surface area contributed by atoms with Gasteiger partial charge in [0.2, 0.25) is 5.91 Å². The standard InChI is InChI=1S/C13H17N3O/c17-12-13(6-8-14-9-7-13)15-10-16(12)11-4-2-1-3-5-11/h1-5,14-15H,6-10H2. The summed E-state index contributed by atoms with van der Waals surface area (Å²) in [5, 5.41) is 6.71. The number of hydrogen-bond acceptors (Lipinski definition) is 3. The maximum atomic E-state index is 12.5. The first-order valence-corrected chi connectivity index (χ1v) is 6.15. The third-order valence-corrected chi connectivity index (χ3v) is 3.76. The minimum Gasteiger partial charge on any atom is -0.317 e. The summed E-state index contributed by atoms with van der Waals surface area (Å²) in [5.74, 6) is 0.227. The van der Waals surface area contributed by atoms with Gasteiger partial charge in [-0.3, -0.25) is 15.0 Å². The van der Waals surface area contributed by atoms with Crippen LogP contribution in [0.2, 0.25) is 0 Å². The van der Waals surface area contributed by atoms with Gasteiger partial charge in [-0.25, -0.2) is 0 Å². The molecule has 2 saturated heterocycles. The highest BCUT2D eigenvalue weighted by atomic mass is 16.2. The Morgan fingerprint density at radius 1 is 1.12 bits per heavy atom. The summed E-state index contributed by atoms with van der Waals surface area (Å²) < 4.78 is 0. The molecule has 1 aromatic rings. The molecule has 3 rings (SSSR count). The van der Waals surface area contributed by atoms with E-state index in [1.807, 2.05) is 35.2 Å². The van der Waals surface area contributed by atoms with Crippen LogP contribution in [0.1, 0.15) is 12.8 Å². The smallest absolute Gasteiger partial charge is 0.248 e. The summed E-state index contributed by atoms with van der Waals surface area (Å²) in [4.78, 5) is 14.4. The Morgan fingerprint density at radius 3 is 2.53 bits per heavy atom. The zero-order chi connectivity index (χ0) is 11.7. The fourth-order valence-electron chi connectivity index (χ4n) is 2.70. The molecule has 0 atom stereocenters. The Labute approximate surface area is 101 Å². The van der Waals surface area contributed by atoms with Crippen molar-refractivity contribution in [3.63, 3.8) is 0 Å². The average molecular weight is 231 g/mol. The summed E-state index contributed by atoms with van der Waals surface area (Å²) in [6.45, 7) is 2.46.